The molecule has 3 aliphatic rings. The molecule has 1 aromatic rings. The Morgan fingerprint density at radius 2 is 2.03 bits per heavy atom. The van der Waals surface area contributed by atoms with Crippen LogP contribution in [0.1, 0.15) is 63.9 Å². The fourth-order valence-corrected chi connectivity index (χ4v) is 7.04. The standard InChI is InChI=1S/C25H32Cl2N2O5S/c1-15(2)33-23-16(7-8-21(28)30)6-4-11-25(23,29-35(3,31)32)19-14-24(9-5-10-24)34-22-18(19)12-17(26)13-20(22)27/h4,6,11-13,15,19,23,29H,5,7-10,14H2,1-3H3,(H2,28,30). The van der Waals surface area contributed by atoms with Gasteiger partial charge in [-0.1, -0.05) is 41.4 Å². The molecule has 1 amide bonds. The molecule has 1 heterocycles. The van der Waals surface area contributed by atoms with E-state index in [9.17, 15) is 13.2 Å². The van der Waals surface area contributed by atoms with Crippen LogP contribution in [0.2, 0.25) is 10.0 Å². The normalized spacial score (nSPS) is 27.2. The van der Waals surface area contributed by atoms with E-state index in [4.69, 9.17) is 38.4 Å². The molecule has 3 N–H and O–H groups in total. The zero-order valence-corrected chi connectivity index (χ0v) is 22.5. The zero-order valence-electron chi connectivity index (χ0n) is 20.1. The van der Waals surface area contributed by atoms with Crippen LogP contribution in [-0.2, 0) is 19.6 Å². The second-order valence-electron chi connectivity index (χ2n) is 10.1. The molecule has 1 aromatic carbocycles. The molecule has 0 radical (unpaired) electrons. The summed E-state index contributed by atoms with van der Waals surface area (Å²) in [5.41, 5.74) is 5.33. The van der Waals surface area contributed by atoms with Crippen LogP contribution in [-0.4, -0.2) is 43.9 Å². The number of allylic oxidation sites excluding steroid dienone is 2. The van der Waals surface area contributed by atoms with E-state index in [0.29, 0.717) is 28.6 Å². The Bertz CT molecular complexity index is 1180. The topological polar surface area (TPSA) is 108 Å². The van der Waals surface area contributed by atoms with Gasteiger partial charge in [0.15, 0.2) is 0 Å². The molecular weight excluding hydrogens is 511 g/mol. The molecule has 10 heteroatoms. The number of amides is 1. The second-order valence-corrected chi connectivity index (χ2v) is 12.7. The maximum Gasteiger partial charge on any atom is 0.217 e. The van der Waals surface area contributed by atoms with Gasteiger partial charge in [-0.15, -0.1) is 0 Å². The van der Waals surface area contributed by atoms with Crippen LogP contribution in [0.15, 0.2) is 35.9 Å². The summed E-state index contributed by atoms with van der Waals surface area (Å²) in [7, 11) is -3.71. The molecule has 0 saturated heterocycles. The minimum atomic E-state index is -3.71. The predicted octanol–water partition coefficient (Wildman–Crippen LogP) is 4.63. The Morgan fingerprint density at radius 1 is 1.31 bits per heavy atom. The quantitative estimate of drug-likeness (QED) is 0.498. The predicted molar refractivity (Wildman–Crippen MR) is 137 cm³/mol. The Kier molecular flexibility index (Phi) is 7.34. The van der Waals surface area contributed by atoms with Gasteiger partial charge in [0, 0.05) is 22.9 Å². The third kappa shape index (κ3) is 5.42. The molecule has 1 saturated carbocycles. The van der Waals surface area contributed by atoms with E-state index < -0.39 is 39.1 Å². The summed E-state index contributed by atoms with van der Waals surface area (Å²) >= 11 is 13.0. The number of rotatable bonds is 8. The van der Waals surface area contributed by atoms with Gasteiger partial charge in [-0.05, 0) is 63.7 Å². The summed E-state index contributed by atoms with van der Waals surface area (Å²) in [4.78, 5) is 11.6. The highest BCUT2D eigenvalue weighted by atomic mass is 35.5. The van der Waals surface area contributed by atoms with E-state index in [-0.39, 0.29) is 12.5 Å². The fraction of sp³-hybridized carbons (Fsp3) is 0.560. The molecule has 1 aliphatic heterocycles. The first-order valence-electron chi connectivity index (χ1n) is 11.8. The van der Waals surface area contributed by atoms with Gasteiger partial charge in [-0.3, -0.25) is 4.79 Å². The van der Waals surface area contributed by atoms with E-state index in [1.54, 1.807) is 12.1 Å². The fourth-order valence-electron chi connectivity index (χ4n) is 5.54. The van der Waals surface area contributed by atoms with Gasteiger partial charge in [-0.25, -0.2) is 13.1 Å². The first kappa shape index (κ1) is 26.5. The van der Waals surface area contributed by atoms with Gasteiger partial charge < -0.3 is 15.2 Å². The lowest BCUT2D eigenvalue weighted by atomic mass is 9.62. The highest BCUT2D eigenvalue weighted by molar-refractivity contribution is 7.88. The Hall–Kier alpha value is -1.58. The largest absolute Gasteiger partial charge is 0.485 e. The Balaban J connectivity index is 1.93. The molecule has 35 heavy (non-hydrogen) atoms. The van der Waals surface area contributed by atoms with Crippen LogP contribution < -0.4 is 15.2 Å². The summed E-state index contributed by atoms with van der Waals surface area (Å²) in [5.74, 6) is -0.296. The van der Waals surface area contributed by atoms with Gasteiger partial charge in [0.05, 0.1) is 22.9 Å². The van der Waals surface area contributed by atoms with Crippen molar-refractivity contribution in [2.24, 2.45) is 5.73 Å². The molecule has 1 fully saturated rings. The molecule has 2 aliphatic carbocycles. The molecule has 1 spiro atoms. The number of nitrogens with one attached hydrogen (secondary N) is 1. The van der Waals surface area contributed by atoms with E-state index >= 15 is 0 Å². The van der Waals surface area contributed by atoms with Gasteiger partial charge >= 0.3 is 0 Å². The number of hydrogen-bond donors (Lipinski definition) is 2. The molecule has 3 unspecified atom stereocenters. The highest BCUT2D eigenvalue weighted by Gasteiger charge is 2.57. The van der Waals surface area contributed by atoms with Crippen molar-refractivity contribution in [3.8, 4) is 5.75 Å². The van der Waals surface area contributed by atoms with Crippen molar-refractivity contribution in [1.82, 2.24) is 4.72 Å². The SMILES string of the molecule is CC(C)OC1C(CCC(N)=O)=CC=CC1(NS(C)(=O)=O)C1CC2(CCC2)Oc2c(Cl)cc(Cl)cc21. The van der Waals surface area contributed by atoms with Crippen molar-refractivity contribution in [2.45, 2.75) is 81.6 Å². The van der Waals surface area contributed by atoms with Crippen molar-refractivity contribution >= 4 is 39.1 Å². The molecule has 7 nitrogen and oxygen atoms in total. The minimum absolute atomic E-state index is 0.124. The number of halogens is 2. The third-order valence-electron chi connectivity index (χ3n) is 7.03. The highest BCUT2D eigenvalue weighted by Crippen LogP contribution is 2.57. The number of fused-ring (bicyclic) bond motifs is 1. The number of ether oxygens (including phenoxy) is 2. The average molecular weight is 544 g/mol. The van der Waals surface area contributed by atoms with Crippen molar-refractivity contribution < 1.29 is 22.7 Å². The van der Waals surface area contributed by atoms with Crippen molar-refractivity contribution in [1.29, 1.82) is 0 Å². The summed E-state index contributed by atoms with van der Waals surface area (Å²) in [5, 5.41) is 0.829. The maximum atomic E-state index is 12.9. The zero-order chi connectivity index (χ0) is 25.6. The number of hydrogen-bond acceptors (Lipinski definition) is 5. The summed E-state index contributed by atoms with van der Waals surface area (Å²) < 4.78 is 41.6. The van der Waals surface area contributed by atoms with Crippen LogP contribution in [0.3, 0.4) is 0 Å². The van der Waals surface area contributed by atoms with Gasteiger partial charge in [0.2, 0.25) is 15.9 Å². The summed E-state index contributed by atoms with van der Waals surface area (Å²) in [6.45, 7) is 3.79. The number of primary amides is 1. The summed E-state index contributed by atoms with van der Waals surface area (Å²) in [6.07, 6.45) is 9.54. The van der Waals surface area contributed by atoms with Crippen molar-refractivity contribution in [2.75, 3.05) is 6.26 Å². The van der Waals surface area contributed by atoms with Gasteiger partial charge in [0.25, 0.3) is 0 Å². The Morgan fingerprint density at radius 3 is 2.60 bits per heavy atom. The molecule has 3 atom stereocenters. The van der Waals surface area contributed by atoms with E-state index in [0.717, 1.165) is 36.7 Å². The Labute approximate surface area is 217 Å². The van der Waals surface area contributed by atoms with Gasteiger partial charge in [-0.2, -0.15) is 0 Å². The van der Waals surface area contributed by atoms with Gasteiger partial charge in [0.1, 0.15) is 17.5 Å². The maximum absolute atomic E-state index is 12.9. The first-order valence-corrected chi connectivity index (χ1v) is 14.5. The summed E-state index contributed by atoms with van der Waals surface area (Å²) in [6, 6.07) is 3.44. The lowest BCUT2D eigenvalue weighted by molar-refractivity contribution is -0.118. The average Bonchev–Trinajstić information content (AvgIpc) is 2.71. The molecule has 0 aromatic heterocycles. The van der Waals surface area contributed by atoms with Crippen LogP contribution >= 0.6 is 23.2 Å². The lowest BCUT2D eigenvalue weighted by Gasteiger charge is -2.54. The molecule has 4 rings (SSSR count). The number of carbonyl (C=O) groups is 1. The van der Waals surface area contributed by atoms with E-state index in [1.807, 2.05) is 32.1 Å². The smallest absolute Gasteiger partial charge is 0.217 e. The molecule has 192 valence electrons. The second kappa shape index (κ2) is 9.71. The lowest BCUT2D eigenvalue weighted by Crippen LogP contribution is -2.64. The monoisotopic (exact) mass is 542 g/mol. The van der Waals surface area contributed by atoms with E-state index in [1.165, 1.54) is 0 Å². The molecular formula is C25H32Cl2N2O5S. The van der Waals surface area contributed by atoms with Crippen LogP contribution in [0, 0.1) is 0 Å². The minimum Gasteiger partial charge on any atom is -0.485 e. The number of carbonyl (C=O) groups excluding carboxylic acids is 1. The van der Waals surface area contributed by atoms with Crippen molar-refractivity contribution in [3.63, 3.8) is 0 Å². The van der Waals surface area contributed by atoms with Crippen LogP contribution in [0.25, 0.3) is 0 Å². The third-order valence-corrected chi connectivity index (χ3v) is 8.26. The molecule has 0 bridgehead atoms. The van der Waals surface area contributed by atoms with Crippen LogP contribution in [0.5, 0.6) is 5.75 Å². The first-order chi connectivity index (χ1) is 16.3. The van der Waals surface area contributed by atoms with E-state index in [2.05, 4.69) is 4.72 Å². The van der Waals surface area contributed by atoms with Crippen molar-refractivity contribution in [3.05, 3.63) is 51.5 Å². The number of sulfonamides is 1. The number of nitrogens with two attached hydrogens (primary N) is 1. The van der Waals surface area contributed by atoms with Crippen LogP contribution in [0.4, 0.5) is 0 Å². The number of benzene rings is 1.